The second-order valence-electron chi connectivity index (χ2n) is 3.83. The van der Waals surface area contributed by atoms with E-state index >= 15 is 0 Å². The fraction of sp³-hybridized carbons (Fsp3) is 0.900. The molecule has 0 bridgehead atoms. The van der Waals surface area contributed by atoms with Crippen molar-refractivity contribution in [3.05, 3.63) is 0 Å². The Bertz CT molecular complexity index is 166. The Balaban J connectivity index is 3.39. The summed E-state index contributed by atoms with van der Waals surface area (Å²) in [7, 11) is 0. The van der Waals surface area contributed by atoms with Crippen LogP contribution >= 0.6 is 0 Å². The summed E-state index contributed by atoms with van der Waals surface area (Å²) < 4.78 is 9.93. The van der Waals surface area contributed by atoms with Gasteiger partial charge in [0, 0.05) is 6.42 Å². The van der Waals surface area contributed by atoms with Crippen molar-refractivity contribution in [3.8, 4) is 0 Å². The number of hydrogen-bond acceptors (Lipinski definition) is 3. The molecule has 0 heterocycles. The lowest BCUT2D eigenvalue weighted by atomic mass is 10.0. The first-order valence-electron chi connectivity index (χ1n) is 4.97. The van der Waals surface area contributed by atoms with Gasteiger partial charge in [-0.15, -0.1) is 0 Å². The summed E-state index contributed by atoms with van der Waals surface area (Å²) in [6, 6.07) is 0. The van der Waals surface area contributed by atoms with E-state index in [1.807, 2.05) is 13.8 Å². The van der Waals surface area contributed by atoms with Gasteiger partial charge in [0.2, 0.25) is 0 Å². The number of hydrogen-bond donors (Lipinski definition) is 1. The fourth-order valence-electron chi connectivity index (χ4n) is 1.24. The van der Waals surface area contributed by atoms with Crippen molar-refractivity contribution < 1.29 is 19.4 Å². The van der Waals surface area contributed by atoms with Crippen molar-refractivity contribution in [2.75, 3.05) is 13.2 Å². The van der Waals surface area contributed by atoms with Crippen molar-refractivity contribution in [2.45, 2.75) is 45.6 Å². The molecule has 0 unspecified atom stereocenters. The first kappa shape index (κ1) is 13.2. The molecule has 0 radical (unpaired) electrons. The normalized spacial score (nSPS) is 11.4. The van der Waals surface area contributed by atoms with E-state index in [0.29, 0.717) is 13.0 Å². The minimum absolute atomic E-state index is 0.113. The van der Waals surface area contributed by atoms with Gasteiger partial charge in [-0.05, 0) is 20.3 Å². The molecule has 0 saturated heterocycles. The van der Waals surface area contributed by atoms with Crippen LogP contribution in [0.3, 0.4) is 0 Å². The molecule has 0 aliphatic carbocycles. The predicted molar refractivity (Wildman–Crippen MR) is 53.5 cm³/mol. The zero-order chi connectivity index (χ0) is 11.0. The van der Waals surface area contributed by atoms with E-state index in [0.717, 1.165) is 12.8 Å². The van der Waals surface area contributed by atoms with Crippen LogP contribution in [0.5, 0.6) is 0 Å². The minimum Gasteiger partial charge on any atom is -0.450 e. The largest absolute Gasteiger partial charge is 0.505 e. The number of ether oxygens (including phenoxy) is 2. The topological polar surface area (TPSA) is 55.8 Å². The third-order valence-electron chi connectivity index (χ3n) is 1.86. The van der Waals surface area contributed by atoms with Crippen molar-refractivity contribution in [2.24, 2.45) is 0 Å². The molecule has 0 aromatic heterocycles. The molecule has 1 N–H and O–H groups in total. The molecule has 84 valence electrons. The molecule has 0 aliphatic heterocycles. The van der Waals surface area contributed by atoms with Gasteiger partial charge in [-0.1, -0.05) is 13.3 Å². The molecule has 0 aliphatic rings. The Hall–Kier alpha value is -0.770. The fourth-order valence-corrected chi connectivity index (χ4v) is 1.24. The molecule has 0 fully saturated rings. The lowest BCUT2D eigenvalue weighted by Gasteiger charge is -2.24. The number of rotatable bonds is 7. The van der Waals surface area contributed by atoms with Crippen LogP contribution in [0, 0.1) is 0 Å². The predicted octanol–water partition coefficient (Wildman–Crippen LogP) is 2.67. The highest BCUT2D eigenvalue weighted by molar-refractivity contribution is 5.56. The maximum atomic E-state index is 10.00. The van der Waals surface area contributed by atoms with Gasteiger partial charge in [-0.2, -0.15) is 0 Å². The Morgan fingerprint density at radius 2 is 2.00 bits per heavy atom. The van der Waals surface area contributed by atoms with E-state index in [4.69, 9.17) is 9.84 Å². The van der Waals surface area contributed by atoms with Crippen LogP contribution in [0.4, 0.5) is 4.79 Å². The van der Waals surface area contributed by atoms with Crippen LogP contribution in [0.25, 0.3) is 0 Å². The van der Waals surface area contributed by atoms with E-state index < -0.39 is 6.16 Å². The molecule has 0 aromatic rings. The van der Waals surface area contributed by atoms with Crippen LogP contribution in [0.1, 0.15) is 40.0 Å². The number of carbonyl (C=O) groups is 1. The highest BCUT2D eigenvalue weighted by atomic mass is 16.7. The molecular formula is C10H20O4. The third kappa shape index (κ3) is 7.86. The first-order valence-corrected chi connectivity index (χ1v) is 4.97. The highest BCUT2D eigenvalue weighted by Gasteiger charge is 2.16. The first-order chi connectivity index (χ1) is 6.48. The van der Waals surface area contributed by atoms with E-state index in [2.05, 4.69) is 11.7 Å². The lowest BCUT2D eigenvalue weighted by Crippen LogP contribution is -2.25. The van der Waals surface area contributed by atoms with Crippen LogP contribution in [-0.2, 0) is 9.47 Å². The Kier molecular flexibility index (Phi) is 6.28. The van der Waals surface area contributed by atoms with Crippen molar-refractivity contribution in [3.63, 3.8) is 0 Å². The summed E-state index contributed by atoms with van der Waals surface area (Å²) in [6.07, 6.45) is 1.48. The molecule has 4 nitrogen and oxygen atoms in total. The van der Waals surface area contributed by atoms with Gasteiger partial charge < -0.3 is 14.6 Å². The van der Waals surface area contributed by atoms with Crippen LogP contribution in [0.15, 0.2) is 0 Å². The van der Waals surface area contributed by atoms with E-state index in [9.17, 15) is 4.79 Å². The molecule has 4 heteroatoms. The van der Waals surface area contributed by atoms with Gasteiger partial charge >= 0.3 is 6.16 Å². The Morgan fingerprint density at radius 1 is 1.36 bits per heavy atom. The van der Waals surface area contributed by atoms with Gasteiger partial charge in [-0.25, -0.2) is 4.79 Å². The standard InChI is InChI=1S/C10H20O4/c1-4-6-10(2,3)14-8-5-7-13-9(11)12/h4-8H2,1-3H3,(H,11,12). The summed E-state index contributed by atoms with van der Waals surface area (Å²) in [5, 5.41) is 8.19. The SMILES string of the molecule is CCCC(C)(C)OCCCOC(=O)O. The summed E-state index contributed by atoms with van der Waals surface area (Å²) in [4.78, 5) is 10.00. The van der Waals surface area contributed by atoms with Crippen LogP contribution in [0.2, 0.25) is 0 Å². The molecule has 0 spiro atoms. The summed E-state index contributed by atoms with van der Waals surface area (Å²) in [6.45, 7) is 6.93. The maximum absolute atomic E-state index is 10.00. The summed E-state index contributed by atoms with van der Waals surface area (Å²) in [5.74, 6) is 0. The zero-order valence-corrected chi connectivity index (χ0v) is 9.21. The Morgan fingerprint density at radius 3 is 2.50 bits per heavy atom. The zero-order valence-electron chi connectivity index (χ0n) is 9.21. The lowest BCUT2D eigenvalue weighted by molar-refractivity contribution is -0.0305. The molecule has 0 aromatic carbocycles. The molecule has 0 rings (SSSR count). The van der Waals surface area contributed by atoms with Gasteiger partial charge in [0.15, 0.2) is 0 Å². The van der Waals surface area contributed by atoms with E-state index in [1.165, 1.54) is 0 Å². The van der Waals surface area contributed by atoms with Gasteiger partial charge in [0.05, 0.1) is 18.8 Å². The minimum atomic E-state index is -1.22. The highest BCUT2D eigenvalue weighted by Crippen LogP contribution is 2.16. The average molecular weight is 204 g/mol. The third-order valence-corrected chi connectivity index (χ3v) is 1.86. The molecule has 14 heavy (non-hydrogen) atoms. The van der Waals surface area contributed by atoms with Gasteiger partial charge in [0.1, 0.15) is 0 Å². The van der Waals surface area contributed by atoms with E-state index in [1.54, 1.807) is 0 Å². The average Bonchev–Trinajstić information content (AvgIpc) is 2.02. The summed E-state index contributed by atoms with van der Waals surface area (Å²) >= 11 is 0. The van der Waals surface area contributed by atoms with Crippen molar-refractivity contribution >= 4 is 6.16 Å². The van der Waals surface area contributed by atoms with Gasteiger partial charge in [0.25, 0.3) is 0 Å². The van der Waals surface area contributed by atoms with Gasteiger partial charge in [-0.3, -0.25) is 0 Å². The van der Waals surface area contributed by atoms with Crippen LogP contribution in [-0.4, -0.2) is 30.1 Å². The second-order valence-corrected chi connectivity index (χ2v) is 3.83. The van der Waals surface area contributed by atoms with E-state index in [-0.39, 0.29) is 12.2 Å². The van der Waals surface area contributed by atoms with Crippen molar-refractivity contribution in [1.82, 2.24) is 0 Å². The van der Waals surface area contributed by atoms with Crippen molar-refractivity contribution in [1.29, 1.82) is 0 Å². The van der Waals surface area contributed by atoms with Crippen LogP contribution < -0.4 is 0 Å². The molecular weight excluding hydrogens is 184 g/mol. The molecule has 0 saturated carbocycles. The maximum Gasteiger partial charge on any atom is 0.505 e. The monoisotopic (exact) mass is 204 g/mol. The number of carboxylic acid groups (broad SMARTS) is 1. The molecule has 0 amide bonds. The molecule has 0 atom stereocenters. The smallest absolute Gasteiger partial charge is 0.450 e. The second kappa shape index (κ2) is 6.65. The quantitative estimate of drug-likeness (QED) is 0.511. The summed E-state index contributed by atoms with van der Waals surface area (Å²) in [5.41, 5.74) is -0.113. The Labute approximate surface area is 85.2 Å².